The molecule has 47 heavy (non-hydrogen) atoms. The second-order valence-corrected chi connectivity index (χ2v) is 23.6. The molecule has 1 radical (unpaired) electrons. The smallest absolute Gasteiger partial charge is 0.121 e. The van der Waals surface area contributed by atoms with Gasteiger partial charge in [0.1, 0.15) is 5.58 Å². The fraction of sp³-hybridized carbons (Fsp3) is 0.190. The van der Waals surface area contributed by atoms with E-state index < -0.39 is 20.1 Å². The van der Waals surface area contributed by atoms with Gasteiger partial charge in [0.25, 0.3) is 0 Å². The summed E-state index contributed by atoms with van der Waals surface area (Å²) in [7, 11) is 0. The summed E-state index contributed by atoms with van der Waals surface area (Å²) < 4.78 is 30.9. The molecule has 3 nitrogen and oxygen atoms in total. The Morgan fingerprint density at radius 3 is 2.34 bits per heavy atom. The van der Waals surface area contributed by atoms with E-state index in [9.17, 15) is 0 Å². The maximum absolute atomic E-state index is 7.69. The van der Waals surface area contributed by atoms with E-state index in [2.05, 4.69) is 84.5 Å². The summed E-state index contributed by atoms with van der Waals surface area (Å²) in [6.45, 7) is 4.38. The Kier molecular flexibility index (Phi) is 9.42. The van der Waals surface area contributed by atoms with Crippen LogP contribution in [0.25, 0.3) is 55.6 Å². The number of pyridine rings is 2. The summed E-state index contributed by atoms with van der Waals surface area (Å²) >= 11 is -1.77. The minimum Gasteiger partial charge on any atom is -0.501 e. The van der Waals surface area contributed by atoms with Gasteiger partial charge in [0, 0.05) is 35.8 Å². The maximum Gasteiger partial charge on any atom is 0.121 e. The van der Waals surface area contributed by atoms with Gasteiger partial charge in [-0.15, -0.1) is 18.2 Å². The minimum absolute atomic E-state index is 0. The molecule has 4 aromatic carbocycles. The van der Waals surface area contributed by atoms with Crippen LogP contribution in [0.4, 0.5) is 0 Å². The zero-order valence-electron chi connectivity index (χ0n) is 30.6. The number of rotatable bonds is 5. The van der Waals surface area contributed by atoms with Gasteiger partial charge in [0.05, 0.1) is 5.58 Å². The predicted octanol–water partition coefficient (Wildman–Crippen LogP) is 10.9. The summed E-state index contributed by atoms with van der Waals surface area (Å²) in [5, 5.41) is 2.01. The van der Waals surface area contributed by atoms with Crippen LogP contribution in [0.1, 0.15) is 40.6 Å². The average molecular weight is 857 g/mol. The van der Waals surface area contributed by atoms with Crippen molar-refractivity contribution in [3.8, 4) is 33.6 Å². The fourth-order valence-electron chi connectivity index (χ4n) is 5.79. The third kappa shape index (κ3) is 7.67. The quantitative estimate of drug-likeness (QED) is 0.128. The van der Waals surface area contributed by atoms with E-state index in [0.29, 0.717) is 11.5 Å². The van der Waals surface area contributed by atoms with Crippen LogP contribution in [0.5, 0.6) is 0 Å². The van der Waals surface area contributed by atoms with Crippen molar-refractivity contribution in [2.24, 2.45) is 0 Å². The van der Waals surface area contributed by atoms with Crippen molar-refractivity contribution >= 4 is 39.6 Å². The van der Waals surface area contributed by atoms with Crippen molar-refractivity contribution in [2.75, 3.05) is 0 Å². The Morgan fingerprint density at radius 2 is 1.62 bits per heavy atom. The molecule has 7 aromatic rings. The number of aromatic nitrogens is 2. The van der Waals surface area contributed by atoms with E-state index in [1.807, 2.05) is 66.9 Å². The van der Waals surface area contributed by atoms with E-state index in [1.54, 1.807) is 18.2 Å². The summed E-state index contributed by atoms with van der Waals surface area (Å²) in [6.07, 6.45) is 3.90. The Bertz CT molecular complexity index is 2260. The average Bonchev–Trinajstić information content (AvgIpc) is 3.46. The predicted molar refractivity (Wildman–Crippen MR) is 196 cm³/mol. The fourth-order valence-corrected chi connectivity index (χ4v) is 9.38. The number of fused-ring (bicyclic) bond motifs is 3. The summed E-state index contributed by atoms with van der Waals surface area (Å²) in [6, 6.07) is 37.8. The van der Waals surface area contributed by atoms with Gasteiger partial charge in [0.15, 0.2) is 0 Å². The van der Waals surface area contributed by atoms with Crippen molar-refractivity contribution in [3.05, 3.63) is 138 Å². The van der Waals surface area contributed by atoms with E-state index >= 15 is 0 Å². The molecule has 0 aliphatic carbocycles. The largest absolute Gasteiger partial charge is 0.501 e. The molecule has 0 saturated heterocycles. The Morgan fingerprint density at radius 1 is 0.787 bits per heavy atom. The zero-order chi connectivity index (χ0) is 34.9. The molecule has 3 heterocycles. The molecular weight excluding hydrogens is 813 g/mol. The minimum atomic E-state index is -2.14. The maximum atomic E-state index is 7.69. The van der Waals surface area contributed by atoms with Crippen LogP contribution < -0.4 is 4.40 Å². The first-order chi connectivity index (χ1) is 23.3. The molecule has 0 saturated carbocycles. The normalized spacial score (nSPS) is 12.5. The molecule has 0 bridgehead atoms. The van der Waals surface area contributed by atoms with Gasteiger partial charge in [0.2, 0.25) is 0 Å². The van der Waals surface area contributed by atoms with Crippen molar-refractivity contribution < 1.29 is 28.6 Å². The Hall–Kier alpha value is -3.83. The second-order valence-electron chi connectivity index (χ2n) is 13.0. The summed E-state index contributed by atoms with van der Waals surface area (Å²) in [4.78, 5) is 9.16. The van der Waals surface area contributed by atoms with E-state index in [-0.39, 0.29) is 20.1 Å². The Labute approximate surface area is 299 Å². The summed E-state index contributed by atoms with van der Waals surface area (Å²) in [5.74, 6) is 7.61. The first-order valence-corrected chi connectivity index (χ1v) is 23.0. The summed E-state index contributed by atoms with van der Waals surface area (Å²) in [5.41, 5.74) is 9.95. The standard InChI is InChI=1S/C27H22NO.C15H18GeN.Ir/c1-17(2)19-12-13-28-25(15-19)24-9-5-8-23-22-11-10-21(16-26(22)29-27(23)24)20-7-4-6-18(3)14-20;1-12-10-15(13-8-6-5-7-9-13)17-11-14(12)16(2,3)4;/h4-8,10-17H,1-3H3;5-8,10-11H,1-4H3;/q2*-1;/i3D3;;. The monoisotopic (exact) mass is 858 g/mol. The molecule has 0 N–H and O–H groups in total. The molecule has 7 rings (SSSR count). The number of hydrogen-bond donors (Lipinski definition) is 0. The second kappa shape index (κ2) is 14.5. The third-order valence-electron chi connectivity index (χ3n) is 8.24. The first-order valence-electron chi connectivity index (χ1n) is 17.2. The molecular formula is C42H40GeIrN2O-2. The zero-order valence-corrected chi connectivity index (χ0v) is 32.1. The van der Waals surface area contributed by atoms with Gasteiger partial charge in [-0.2, -0.15) is 0 Å². The third-order valence-corrected chi connectivity index (χ3v) is 12.7. The van der Waals surface area contributed by atoms with Crippen molar-refractivity contribution in [2.45, 2.75) is 50.8 Å². The van der Waals surface area contributed by atoms with Crippen molar-refractivity contribution in [1.82, 2.24) is 9.97 Å². The van der Waals surface area contributed by atoms with E-state index in [0.717, 1.165) is 55.6 Å². The van der Waals surface area contributed by atoms with E-state index in [4.69, 9.17) is 8.53 Å². The molecule has 0 aliphatic rings. The van der Waals surface area contributed by atoms with Gasteiger partial charge in [-0.1, -0.05) is 78.4 Å². The molecule has 0 atom stereocenters. The van der Waals surface area contributed by atoms with Crippen LogP contribution in [-0.2, 0) is 20.1 Å². The number of nitrogens with zero attached hydrogens (tertiary/aromatic N) is 2. The van der Waals surface area contributed by atoms with Gasteiger partial charge >= 0.3 is 106 Å². The molecule has 3 aromatic heterocycles. The van der Waals surface area contributed by atoms with Crippen LogP contribution in [0.15, 0.2) is 114 Å². The molecule has 0 spiro atoms. The number of aryl methyl sites for hydroxylation is 2. The van der Waals surface area contributed by atoms with Gasteiger partial charge < -0.3 is 9.40 Å². The molecule has 239 valence electrons. The molecule has 0 aliphatic heterocycles. The van der Waals surface area contributed by atoms with Gasteiger partial charge in [-0.25, -0.2) is 0 Å². The van der Waals surface area contributed by atoms with Gasteiger partial charge in [-0.05, 0) is 41.7 Å². The van der Waals surface area contributed by atoms with Crippen molar-refractivity contribution in [1.29, 1.82) is 0 Å². The topological polar surface area (TPSA) is 38.9 Å². The van der Waals surface area contributed by atoms with Crippen LogP contribution in [0.2, 0.25) is 17.3 Å². The van der Waals surface area contributed by atoms with E-state index in [1.165, 1.54) is 15.5 Å². The number of hydrogen-bond acceptors (Lipinski definition) is 3. The van der Waals surface area contributed by atoms with Crippen molar-refractivity contribution in [3.63, 3.8) is 0 Å². The molecule has 0 amide bonds. The molecule has 0 unspecified atom stereocenters. The van der Waals surface area contributed by atoms with Crippen LogP contribution >= 0.6 is 0 Å². The Balaban J connectivity index is 0.000000229. The SMILES string of the molecule is Cc1cc(-c2[c-]cccc2)nc[c]1[Ge]([CH3])([CH3])[CH3].[2H]C([2H])([2H])c1cccc(-c2ccc3c(c2)oc2c(-c4cc(C(C)C)ccn4)[c-]ccc23)c1.[Ir]. The number of benzene rings is 4. The van der Waals surface area contributed by atoms with Crippen LogP contribution in [-0.4, -0.2) is 23.2 Å². The van der Waals surface area contributed by atoms with Crippen LogP contribution in [0.3, 0.4) is 0 Å². The number of furan rings is 1. The van der Waals surface area contributed by atoms with Crippen LogP contribution in [0, 0.1) is 25.9 Å². The molecule has 5 heteroatoms. The van der Waals surface area contributed by atoms with Gasteiger partial charge in [-0.3, -0.25) is 0 Å². The first kappa shape index (κ1) is 30.5. The molecule has 0 fully saturated rings.